The van der Waals surface area contributed by atoms with Gasteiger partial charge in [0, 0.05) is 45.0 Å². The lowest BCUT2D eigenvalue weighted by molar-refractivity contribution is -0.00804. The van der Waals surface area contributed by atoms with E-state index in [4.69, 9.17) is 9.73 Å². The predicted molar refractivity (Wildman–Crippen MR) is 120 cm³/mol. The van der Waals surface area contributed by atoms with E-state index in [2.05, 4.69) is 22.2 Å². The summed E-state index contributed by atoms with van der Waals surface area (Å²) in [5.41, 5.74) is 2.06. The van der Waals surface area contributed by atoms with Crippen LogP contribution in [0, 0.1) is 0 Å². The molecular formula is C23H30N6O3. The second-order valence-electron chi connectivity index (χ2n) is 8.00. The summed E-state index contributed by atoms with van der Waals surface area (Å²) >= 11 is 0. The van der Waals surface area contributed by atoms with Crippen LogP contribution in [-0.2, 0) is 11.8 Å². The Hall–Kier alpha value is -3.20. The molecule has 0 saturated carbocycles. The van der Waals surface area contributed by atoms with Gasteiger partial charge in [-0.1, -0.05) is 12.1 Å². The van der Waals surface area contributed by atoms with Crippen molar-refractivity contribution in [2.45, 2.75) is 25.9 Å². The van der Waals surface area contributed by atoms with Gasteiger partial charge in [0.25, 0.3) is 11.8 Å². The fourth-order valence-corrected chi connectivity index (χ4v) is 4.08. The van der Waals surface area contributed by atoms with Crippen LogP contribution in [-0.4, -0.2) is 76.7 Å². The van der Waals surface area contributed by atoms with Crippen LogP contribution in [0.1, 0.15) is 52.1 Å². The Morgan fingerprint density at radius 2 is 1.97 bits per heavy atom. The van der Waals surface area contributed by atoms with Gasteiger partial charge in [0.15, 0.2) is 5.96 Å². The molecule has 2 aliphatic rings. The summed E-state index contributed by atoms with van der Waals surface area (Å²) in [6.45, 7) is 5.99. The lowest BCUT2D eigenvalue weighted by Crippen LogP contribution is -2.48. The van der Waals surface area contributed by atoms with Crippen molar-refractivity contribution in [1.29, 1.82) is 0 Å². The number of guanidine groups is 1. The summed E-state index contributed by atoms with van der Waals surface area (Å²) in [6.07, 6.45) is 5.30. The highest BCUT2D eigenvalue weighted by Gasteiger charge is 2.34. The third-order valence-electron chi connectivity index (χ3n) is 5.73. The van der Waals surface area contributed by atoms with Crippen molar-refractivity contribution in [3.8, 4) is 0 Å². The number of unbranched alkanes of at least 4 members (excludes halogenated alkanes) is 1. The molecule has 9 nitrogen and oxygen atoms in total. The first-order valence-corrected chi connectivity index (χ1v) is 11.2. The molecule has 0 radical (unpaired) electrons. The Morgan fingerprint density at radius 1 is 1.22 bits per heavy atom. The number of aliphatic imine (C=N–C) groups is 1. The van der Waals surface area contributed by atoms with E-state index < -0.39 is 0 Å². The summed E-state index contributed by atoms with van der Waals surface area (Å²) in [6, 6.07) is 7.00. The van der Waals surface area contributed by atoms with Crippen LogP contribution in [0.25, 0.3) is 0 Å². The second kappa shape index (κ2) is 9.95. The van der Waals surface area contributed by atoms with Gasteiger partial charge in [-0.2, -0.15) is 5.10 Å². The van der Waals surface area contributed by atoms with Crippen LogP contribution in [0.3, 0.4) is 0 Å². The molecule has 1 aromatic carbocycles. The molecule has 0 spiro atoms. The summed E-state index contributed by atoms with van der Waals surface area (Å²) in [4.78, 5) is 33.3. The number of aromatic nitrogens is 2. The first-order valence-electron chi connectivity index (χ1n) is 11.2. The highest BCUT2D eigenvalue weighted by Crippen LogP contribution is 2.23. The number of morpholine rings is 1. The standard InChI is InChI=1S/C23H30N6O3/c1-3-24-23(28-12-13-32-20(16-28)17-14-26-27(2)15-17)25-10-6-7-11-29-21(30)18-8-4-5-9-19(18)22(29)31/h4-5,8-9,14-15,20H,3,6-7,10-13,16H2,1-2H3,(H,24,25). The fraction of sp³-hybridized carbons (Fsp3) is 0.478. The van der Waals surface area contributed by atoms with Crippen molar-refractivity contribution in [2.24, 2.45) is 12.0 Å². The zero-order valence-corrected chi connectivity index (χ0v) is 18.7. The molecule has 170 valence electrons. The SMILES string of the molecule is CCNC(=NCCCCN1C(=O)c2ccccc2C1=O)N1CCOC(c2cnn(C)c2)C1. The molecule has 4 rings (SSSR count). The molecule has 1 fully saturated rings. The molecule has 32 heavy (non-hydrogen) atoms. The number of aryl methyl sites for hydroxylation is 1. The van der Waals surface area contributed by atoms with E-state index in [1.807, 2.05) is 19.4 Å². The summed E-state index contributed by atoms with van der Waals surface area (Å²) in [5.74, 6) is 0.472. The Morgan fingerprint density at radius 3 is 2.62 bits per heavy atom. The van der Waals surface area contributed by atoms with Gasteiger partial charge >= 0.3 is 0 Å². The number of nitrogens with one attached hydrogen (secondary N) is 1. The number of hydrogen-bond donors (Lipinski definition) is 1. The van der Waals surface area contributed by atoms with Crippen molar-refractivity contribution >= 4 is 17.8 Å². The van der Waals surface area contributed by atoms with Gasteiger partial charge in [0.05, 0.1) is 30.5 Å². The molecule has 2 aromatic rings. The largest absolute Gasteiger partial charge is 0.370 e. The smallest absolute Gasteiger partial charge is 0.261 e. The van der Waals surface area contributed by atoms with Gasteiger partial charge in [0.2, 0.25) is 0 Å². The minimum atomic E-state index is -0.197. The highest BCUT2D eigenvalue weighted by molar-refractivity contribution is 6.21. The number of fused-ring (bicyclic) bond motifs is 1. The molecular weight excluding hydrogens is 408 g/mol. The van der Waals surface area contributed by atoms with E-state index in [1.54, 1.807) is 28.9 Å². The molecule has 1 N–H and O–H groups in total. The van der Waals surface area contributed by atoms with Crippen molar-refractivity contribution in [2.75, 3.05) is 39.3 Å². The number of amides is 2. The number of benzene rings is 1. The molecule has 9 heteroatoms. The van der Waals surface area contributed by atoms with E-state index in [1.165, 1.54) is 4.90 Å². The average Bonchev–Trinajstić information content (AvgIpc) is 3.35. The summed E-state index contributed by atoms with van der Waals surface area (Å²) < 4.78 is 7.72. The number of carbonyl (C=O) groups is 2. The van der Waals surface area contributed by atoms with Crippen LogP contribution in [0.4, 0.5) is 0 Å². The van der Waals surface area contributed by atoms with Gasteiger partial charge in [0.1, 0.15) is 6.10 Å². The lowest BCUT2D eigenvalue weighted by Gasteiger charge is -2.34. The van der Waals surface area contributed by atoms with Crippen LogP contribution < -0.4 is 5.32 Å². The number of hydrogen-bond acceptors (Lipinski definition) is 5. The molecule has 3 heterocycles. The van der Waals surface area contributed by atoms with Gasteiger partial charge in [-0.25, -0.2) is 0 Å². The van der Waals surface area contributed by atoms with Gasteiger partial charge in [-0.05, 0) is 31.9 Å². The fourth-order valence-electron chi connectivity index (χ4n) is 4.08. The van der Waals surface area contributed by atoms with Gasteiger partial charge < -0.3 is 15.0 Å². The predicted octanol–water partition coefficient (Wildman–Crippen LogP) is 1.84. The number of rotatable bonds is 7. The Bertz CT molecular complexity index is 966. The zero-order chi connectivity index (χ0) is 22.5. The van der Waals surface area contributed by atoms with Crippen molar-refractivity contribution in [3.63, 3.8) is 0 Å². The summed E-state index contributed by atoms with van der Waals surface area (Å²) in [7, 11) is 1.90. The van der Waals surface area contributed by atoms with Crippen LogP contribution >= 0.6 is 0 Å². The molecule has 0 aliphatic carbocycles. The number of nitrogens with zero attached hydrogens (tertiary/aromatic N) is 5. The van der Waals surface area contributed by atoms with Crippen molar-refractivity contribution in [1.82, 2.24) is 24.9 Å². The number of ether oxygens (including phenoxy) is 1. The normalized spacial score (nSPS) is 18.9. The molecule has 2 aliphatic heterocycles. The minimum absolute atomic E-state index is 0.0323. The van der Waals surface area contributed by atoms with Crippen LogP contribution in [0.15, 0.2) is 41.7 Å². The molecule has 1 saturated heterocycles. The topological polar surface area (TPSA) is 92.1 Å². The van der Waals surface area contributed by atoms with Crippen LogP contribution in [0.5, 0.6) is 0 Å². The second-order valence-corrected chi connectivity index (χ2v) is 8.00. The Labute approximate surface area is 188 Å². The van der Waals surface area contributed by atoms with E-state index in [-0.39, 0.29) is 17.9 Å². The molecule has 1 atom stereocenters. The van der Waals surface area contributed by atoms with E-state index in [9.17, 15) is 9.59 Å². The van der Waals surface area contributed by atoms with E-state index in [0.29, 0.717) is 37.4 Å². The maximum absolute atomic E-state index is 12.5. The maximum atomic E-state index is 12.5. The maximum Gasteiger partial charge on any atom is 0.261 e. The highest BCUT2D eigenvalue weighted by atomic mass is 16.5. The van der Waals surface area contributed by atoms with E-state index >= 15 is 0 Å². The third kappa shape index (κ3) is 4.67. The number of carbonyl (C=O) groups excluding carboxylic acids is 2. The molecule has 0 bridgehead atoms. The Balaban J connectivity index is 1.29. The van der Waals surface area contributed by atoms with Crippen LogP contribution in [0.2, 0.25) is 0 Å². The number of imide groups is 1. The monoisotopic (exact) mass is 438 g/mol. The van der Waals surface area contributed by atoms with E-state index in [0.717, 1.165) is 37.5 Å². The van der Waals surface area contributed by atoms with Crippen molar-refractivity contribution < 1.29 is 14.3 Å². The van der Waals surface area contributed by atoms with Gasteiger partial charge in [-0.3, -0.25) is 24.2 Å². The quantitative estimate of drug-likeness (QED) is 0.307. The first-order chi connectivity index (χ1) is 15.6. The lowest BCUT2D eigenvalue weighted by atomic mass is 10.1. The zero-order valence-electron chi connectivity index (χ0n) is 18.7. The molecule has 1 unspecified atom stereocenters. The summed E-state index contributed by atoms with van der Waals surface area (Å²) in [5, 5.41) is 7.61. The average molecular weight is 439 g/mol. The first kappa shape index (κ1) is 22.0. The molecule has 1 aromatic heterocycles. The third-order valence-corrected chi connectivity index (χ3v) is 5.73. The molecule has 2 amide bonds. The van der Waals surface area contributed by atoms with Gasteiger partial charge in [-0.15, -0.1) is 0 Å². The Kier molecular flexibility index (Phi) is 6.84. The van der Waals surface area contributed by atoms with Crippen molar-refractivity contribution in [3.05, 3.63) is 53.3 Å². The minimum Gasteiger partial charge on any atom is -0.370 e.